The first-order valence-electron chi connectivity index (χ1n) is 28.8. The summed E-state index contributed by atoms with van der Waals surface area (Å²) in [6.07, 6.45) is 30.9. The number of aliphatic hydroxyl groups is 1. The van der Waals surface area contributed by atoms with E-state index in [0.717, 1.165) is 116 Å². The Morgan fingerprint density at radius 2 is 0.548 bits per heavy atom. The Morgan fingerprint density at radius 3 is 0.808 bits per heavy atom. The fraction of sp³-hybridized carbons (Fsp3) is 0.926. The van der Waals surface area contributed by atoms with Crippen LogP contribution >= 0.6 is 15.6 Å². The average Bonchev–Trinajstić information content (AvgIpc) is 3.36. The highest BCUT2D eigenvalue weighted by Crippen LogP contribution is 2.45. The first-order chi connectivity index (χ1) is 35.2. The lowest BCUT2D eigenvalue weighted by Crippen LogP contribution is -2.30. The summed E-state index contributed by atoms with van der Waals surface area (Å²) in [7, 11) is -9.85. The van der Waals surface area contributed by atoms with Crippen molar-refractivity contribution < 1.29 is 80.2 Å². The fourth-order valence-electron chi connectivity index (χ4n) is 7.87. The molecule has 0 aliphatic rings. The molecule has 0 aliphatic carbocycles. The Kier molecular flexibility index (Phi) is 48.3. The van der Waals surface area contributed by atoms with E-state index >= 15 is 0 Å². The molecule has 73 heavy (non-hydrogen) atoms. The first-order valence-corrected chi connectivity index (χ1v) is 31.8. The van der Waals surface area contributed by atoms with Crippen molar-refractivity contribution in [2.75, 3.05) is 39.6 Å². The summed E-state index contributed by atoms with van der Waals surface area (Å²) >= 11 is 0. The number of rotatable bonds is 55. The number of phosphoric ester groups is 2. The van der Waals surface area contributed by atoms with Crippen LogP contribution in [0.3, 0.4) is 0 Å². The van der Waals surface area contributed by atoms with Crippen molar-refractivity contribution >= 4 is 39.5 Å². The predicted octanol–water partition coefficient (Wildman–Crippen LogP) is 14.0. The van der Waals surface area contributed by atoms with Gasteiger partial charge in [0.1, 0.15) is 19.3 Å². The van der Waals surface area contributed by atoms with E-state index in [-0.39, 0.29) is 25.7 Å². The third-order valence-corrected chi connectivity index (χ3v) is 14.3. The van der Waals surface area contributed by atoms with Crippen LogP contribution in [0.4, 0.5) is 0 Å². The molecule has 0 rings (SSSR count). The highest BCUT2D eigenvalue weighted by atomic mass is 31.2. The SMILES string of the molecule is CCCCCCCCCCCCC(=O)O[C@H](COC(=O)CCCCCCCCCC)COP(=O)(O)OC[C@@H](O)COP(=O)(O)OC[C@@H](COC(=O)CCCCCCCCC)OC(=O)CCCCCCCCCC. The number of hydrogen-bond acceptors (Lipinski definition) is 15. The predicted molar refractivity (Wildman–Crippen MR) is 285 cm³/mol. The summed E-state index contributed by atoms with van der Waals surface area (Å²) in [5.41, 5.74) is 0. The van der Waals surface area contributed by atoms with Gasteiger partial charge in [0.15, 0.2) is 12.2 Å². The summed E-state index contributed by atoms with van der Waals surface area (Å²) in [4.78, 5) is 71.4. The summed E-state index contributed by atoms with van der Waals surface area (Å²) < 4.78 is 67.3. The Morgan fingerprint density at radius 1 is 0.329 bits per heavy atom. The van der Waals surface area contributed by atoms with Gasteiger partial charge >= 0.3 is 39.5 Å². The minimum absolute atomic E-state index is 0.105. The van der Waals surface area contributed by atoms with Gasteiger partial charge in [-0.3, -0.25) is 37.3 Å². The molecule has 0 fully saturated rings. The first kappa shape index (κ1) is 71.1. The molecule has 0 amide bonds. The van der Waals surface area contributed by atoms with Gasteiger partial charge in [-0.2, -0.15) is 0 Å². The number of carbonyl (C=O) groups excluding carboxylic acids is 4. The number of unbranched alkanes of at least 4 members (excludes halogenated alkanes) is 29. The molecule has 5 atom stereocenters. The minimum Gasteiger partial charge on any atom is -0.462 e. The van der Waals surface area contributed by atoms with Crippen LogP contribution in [0.2, 0.25) is 0 Å². The molecule has 0 saturated heterocycles. The van der Waals surface area contributed by atoms with E-state index in [1.807, 2.05) is 0 Å². The maximum Gasteiger partial charge on any atom is 0.472 e. The van der Waals surface area contributed by atoms with Crippen molar-refractivity contribution in [1.82, 2.24) is 0 Å². The number of ether oxygens (including phenoxy) is 4. The molecule has 0 aliphatic heterocycles. The van der Waals surface area contributed by atoms with Gasteiger partial charge in [-0.15, -0.1) is 0 Å². The molecule has 0 aromatic rings. The highest BCUT2D eigenvalue weighted by molar-refractivity contribution is 7.47. The van der Waals surface area contributed by atoms with Crippen molar-refractivity contribution in [2.24, 2.45) is 0 Å². The van der Waals surface area contributed by atoms with E-state index in [1.54, 1.807) is 0 Å². The molecule has 17 nitrogen and oxygen atoms in total. The van der Waals surface area contributed by atoms with Crippen molar-refractivity contribution in [3.8, 4) is 0 Å². The molecule has 0 aromatic heterocycles. The van der Waals surface area contributed by atoms with Crippen molar-refractivity contribution in [3.63, 3.8) is 0 Å². The number of esters is 4. The van der Waals surface area contributed by atoms with Crippen LogP contribution in [0.1, 0.15) is 265 Å². The molecule has 0 heterocycles. The lowest BCUT2D eigenvalue weighted by atomic mass is 10.1. The zero-order valence-electron chi connectivity index (χ0n) is 46.1. The molecule has 19 heteroatoms. The van der Waals surface area contributed by atoms with E-state index in [1.165, 1.54) is 70.6 Å². The minimum atomic E-state index is -4.93. The maximum absolute atomic E-state index is 12.9. The van der Waals surface area contributed by atoms with Crippen LogP contribution in [0.5, 0.6) is 0 Å². The second-order valence-electron chi connectivity index (χ2n) is 19.6. The Hall–Kier alpha value is -1.94. The molecule has 432 valence electrons. The zero-order chi connectivity index (χ0) is 54.1. The average molecular weight is 1090 g/mol. The van der Waals surface area contributed by atoms with Crippen molar-refractivity contribution in [3.05, 3.63) is 0 Å². The largest absolute Gasteiger partial charge is 0.472 e. The second kappa shape index (κ2) is 49.6. The smallest absolute Gasteiger partial charge is 0.462 e. The molecule has 3 N–H and O–H groups in total. The normalized spacial score (nSPS) is 14.5. The second-order valence-corrected chi connectivity index (χ2v) is 22.5. The monoisotopic (exact) mass is 1090 g/mol. The molecular weight excluding hydrogens is 983 g/mol. The molecule has 0 saturated carbocycles. The Balaban J connectivity index is 5.19. The Bertz CT molecular complexity index is 1440. The van der Waals surface area contributed by atoms with Gasteiger partial charge in [0.2, 0.25) is 0 Å². The summed E-state index contributed by atoms with van der Waals surface area (Å²) in [5.74, 6) is -2.16. The zero-order valence-corrected chi connectivity index (χ0v) is 47.9. The number of aliphatic hydroxyl groups excluding tert-OH is 1. The lowest BCUT2D eigenvalue weighted by Gasteiger charge is -2.21. The summed E-state index contributed by atoms with van der Waals surface area (Å²) in [6.45, 7) is 4.71. The molecule has 0 spiro atoms. The molecule has 0 aromatic carbocycles. The highest BCUT2D eigenvalue weighted by Gasteiger charge is 2.30. The van der Waals surface area contributed by atoms with E-state index in [4.69, 9.17) is 37.0 Å². The maximum atomic E-state index is 12.9. The van der Waals surface area contributed by atoms with Gasteiger partial charge in [-0.25, -0.2) is 9.13 Å². The quantitative estimate of drug-likeness (QED) is 0.0222. The van der Waals surface area contributed by atoms with Gasteiger partial charge in [-0.1, -0.05) is 214 Å². The van der Waals surface area contributed by atoms with E-state index < -0.39 is 97.5 Å². The van der Waals surface area contributed by atoms with Crippen LogP contribution in [-0.2, 0) is 65.4 Å². The molecular formula is C54H104O17P2. The van der Waals surface area contributed by atoms with Gasteiger partial charge in [-0.05, 0) is 25.7 Å². The fourth-order valence-corrected chi connectivity index (χ4v) is 9.44. The van der Waals surface area contributed by atoms with Crippen molar-refractivity contribution in [2.45, 2.75) is 284 Å². The van der Waals surface area contributed by atoms with E-state index in [2.05, 4.69) is 27.7 Å². The van der Waals surface area contributed by atoms with Gasteiger partial charge in [0.25, 0.3) is 0 Å². The third kappa shape index (κ3) is 49.4. The molecule has 0 bridgehead atoms. The van der Waals surface area contributed by atoms with Crippen LogP contribution in [0.25, 0.3) is 0 Å². The Labute approximate surface area is 441 Å². The summed E-state index contributed by atoms with van der Waals surface area (Å²) in [5, 5.41) is 10.4. The van der Waals surface area contributed by atoms with E-state index in [9.17, 15) is 43.2 Å². The van der Waals surface area contributed by atoms with Crippen molar-refractivity contribution in [1.29, 1.82) is 0 Å². The van der Waals surface area contributed by atoms with Crippen LogP contribution < -0.4 is 0 Å². The number of phosphoric acid groups is 2. The lowest BCUT2D eigenvalue weighted by molar-refractivity contribution is -0.161. The van der Waals surface area contributed by atoms with Crippen LogP contribution in [0, 0.1) is 0 Å². The van der Waals surface area contributed by atoms with Gasteiger partial charge < -0.3 is 33.8 Å². The van der Waals surface area contributed by atoms with Gasteiger partial charge in [0, 0.05) is 25.7 Å². The number of hydrogen-bond donors (Lipinski definition) is 3. The van der Waals surface area contributed by atoms with Crippen LogP contribution in [0.15, 0.2) is 0 Å². The number of carbonyl (C=O) groups is 4. The van der Waals surface area contributed by atoms with Gasteiger partial charge in [0.05, 0.1) is 26.4 Å². The third-order valence-electron chi connectivity index (χ3n) is 12.4. The topological polar surface area (TPSA) is 237 Å². The molecule has 0 radical (unpaired) electrons. The van der Waals surface area contributed by atoms with Crippen LogP contribution in [-0.4, -0.2) is 96.7 Å². The standard InChI is InChI=1S/C54H104O17P2/c1-5-9-13-17-21-24-25-29-33-37-41-54(59)71-50(45-65-52(57)39-35-31-27-22-18-14-10-6-2)47-69-73(62,63)67-43-48(55)42-66-72(60,61)68-46-49(44-64-51(56)38-34-30-26-20-16-12-8-4)70-53(58)40-36-32-28-23-19-15-11-7-3/h48-50,55H,5-47H2,1-4H3,(H,60,61)(H,62,63)/t48-,49+,50+/m0/s1. The van der Waals surface area contributed by atoms with E-state index in [0.29, 0.717) is 25.7 Å². The molecule has 2 unspecified atom stereocenters. The summed E-state index contributed by atoms with van der Waals surface area (Å²) in [6, 6.07) is 0.